The Hall–Kier alpha value is -0.940. The molecule has 0 spiro atoms. The van der Waals surface area contributed by atoms with Crippen LogP contribution in [-0.2, 0) is 4.79 Å². The van der Waals surface area contributed by atoms with Crippen molar-refractivity contribution in [2.75, 3.05) is 11.9 Å². The van der Waals surface area contributed by atoms with Gasteiger partial charge in [0.2, 0.25) is 5.91 Å². The Morgan fingerprint density at radius 1 is 1.62 bits per heavy atom. The summed E-state index contributed by atoms with van der Waals surface area (Å²) in [5, 5.41) is 5.99. The molecule has 0 bridgehead atoms. The van der Waals surface area contributed by atoms with E-state index in [4.69, 9.17) is 0 Å². The highest BCUT2D eigenvalue weighted by atomic mass is 79.9. The fourth-order valence-electron chi connectivity index (χ4n) is 1.80. The molecule has 2 rings (SSSR count). The second-order valence-electron chi connectivity index (χ2n) is 4.14. The van der Waals surface area contributed by atoms with Crippen LogP contribution in [0.4, 0.5) is 5.82 Å². The number of nitrogens with one attached hydrogen (secondary N) is 2. The van der Waals surface area contributed by atoms with Crippen molar-refractivity contribution in [3.8, 4) is 0 Å². The molecular weight excluding hydrogens is 270 g/mol. The Bertz CT molecular complexity index is 397. The first-order chi connectivity index (χ1) is 7.65. The molecule has 2 N–H and O–H groups in total. The number of aromatic nitrogens is 1. The van der Waals surface area contributed by atoms with Gasteiger partial charge in [0.15, 0.2) is 0 Å². The molecule has 1 aliphatic rings. The lowest BCUT2D eigenvalue weighted by Gasteiger charge is -2.10. The van der Waals surface area contributed by atoms with E-state index in [0.29, 0.717) is 11.7 Å². The van der Waals surface area contributed by atoms with Crippen LogP contribution in [0, 0.1) is 5.92 Å². The summed E-state index contributed by atoms with van der Waals surface area (Å²) in [6.45, 7) is 3.04. The summed E-state index contributed by atoms with van der Waals surface area (Å²) in [6, 6.07) is 5.36. The molecule has 1 aliphatic heterocycles. The minimum Gasteiger partial charge on any atom is -0.309 e. The Morgan fingerprint density at radius 3 is 3.06 bits per heavy atom. The van der Waals surface area contributed by atoms with E-state index < -0.39 is 0 Å². The second kappa shape index (κ2) is 4.93. The molecule has 4 nitrogen and oxygen atoms in total. The van der Waals surface area contributed by atoms with E-state index in [0.717, 1.165) is 17.6 Å². The quantitative estimate of drug-likeness (QED) is 0.814. The lowest BCUT2D eigenvalue weighted by atomic mass is 10.1. The summed E-state index contributed by atoms with van der Waals surface area (Å²) >= 11 is 3.27. The highest BCUT2D eigenvalue weighted by Crippen LogP contribution is 2.15. The molecule has 1 aromatic rings. The number of carbonyl (C=O) groups excluding carboxylic acids is 1. The highest BCUT2D eigenvalue weighted by Gasteiger charge is 2.26. The lowest BCUT2D eigenvalue weighted by Crippen LogP contribution is -2.35. The van der Waals surface area contributed by atoms with Crippen LogP contribution in [0.2, 0.25) is 0 Å². The van der Waals surface area contributed by atoms with E-state index in [1.807, 2.05) is 12.1 Å². The van der Waals surface area contributed by atoms with Gasteiger partial charge in [-0.1, -0.05) is 13.0 Å². The van der Waals surface area contributed by atoms with Gasteiger partial charge in [-0.3, -0.25) is 4.79 Å². The standard InChI is InChI=1S/C11H14BrN3O/c1-7-5-8(13-6-7)11(16)15-10-4-2-3-9(12)14-10/h2-4,7-8,13H,5-6H2,1H3,(H,14,15,16)/t7-,8+/m1/s1. The van der Waals surface area contributed by atoms with E-state index >= 15 is 0 Å². The largest absolute Gasteiger partial charge is 0.309 e. The molecule has 5 heteroatoms. The SMILES string of the molecule is C[C@H]1CN[C@H](C(=O)Nc2cccc(Br)n2)C1. The van der Waals surface area contributed by atoms with Gasteiger partial charge in [0, 0.05) is 0 Å². The van der Waals surface area contributed by atoms with Crippen LogP contribution in [0.5, 0.6) is 0 Å². The van der Waals surface area contributed by atoms with Gasteiger partial charge in [0.05, 0.1) is 6.04 Å². The van der Waals surface area contributed by atoms with Crippen LogP contribution >= 0.6 is 15.9 Å². The fraction of sp³-hybridized carbons (Fsp3) is 0.455. The molecule has 1 aromatic heterocycles. The van der Waals surface area contributed by atoms with E-state index in [2.05, 4.69) is 38.5 Å². The summed E-state index contributed by atoms with van der Waals surface area (Å²) in [7, 11) is 0. The predicted octanol–water partition coefficient (Wildman–Crippen LogP) is 1.78. The third kappa shape index (κ3) is 2.80. The van der Waals surface area contributed by atoms with Gasteiger partial charge in [-0.2, -0.15) is 0 Å². The van der Waals surface area contributed by atoms with Crippen molar-refractivity contribution in [2.45, 2.75) is 19.4 Å². The molecule has 86 valence electrons. The van der Waals surface area contributed by atoms with Crippen molar-refractivity contribution < 1.29 is 4.79 Å². The maximum Gasteiger partial charge on any atom is 0.242 e. The average molecular weight is 284 g/mol. The molecule has 1 fully saturated rings. The van der Waals surface area contributed by atoms with Gasteiger partial charge in [-0.05, 0) is 46.9 Å². The molecule has 1 amide bonds. The zero-order valence-corrected chi connectivity index (χ0v) is 10.6. The molecule has 0 saturated carbocycles. The fourth-order valence-corrected chi connectivity index (χ4v) is 2.15. The van der Waals surface area contributed by atoms with Crippen LogP contribution in [0.3, 0.4) is 0 Å². The Kier molecular flexibility index (Phi) is 3.56. The number of carbonyl (C=O) groups is 1. The number of pyridine rings is 1. The number of amides is 1. The average Bonchev–Trinajstić information content (AvgIpc) is 2.65. The van der Waals surface area contributed by atoms with Gasteiger partial charge in [-0.15, -0.1) is 0 Å². The molecule has 0 aromatic carbocycles. The van der Waals surface area contributed by atoms with Crippen molar-refractivity contribution in [1.82, 2.24) is 10.3 Å². The third-order valence-electron chi connectivity index (χ3n) is 2.63. The maximum atomic E-state index is 11.8. The van der Waals surface area contributed by atoms with E-state index in [1.165, 1.54) is 0 Å². The smallest absolute Gasteiger partial charge is 0.242 e. The molecule has 0 unspecified atom stereocenters. The summed E-state index contributed by atoms with van der Waals surface area (Å²) in [6.07, 6.45) is 0.889. The van der Waals surface area contributed by atoms with Gasteiger partial charge in [-0.25, -0.2) is 4.98 Å². The molecule has 2 atom stereocenters. The first-order valence-corrected chi connectivity index (χ1v) is 6.11. The van der Waals surface area contributed by atoms with Gasteiger partial charge < -0.3 is 10.6 Å². The van der Waals surface area contributed by atoms with E-state index in [1.54, 1.807) is 6.07 Å². The van der Waals surface area contributed by atoms with E-state index in [9.17, 15) is 4.79 Å². The number of hydrogen-bond donors (Lipinski definition) is 2. The highest BCUT2D eigenvalue weighted by molar-refractivity contribution is 9.10. The minimum atomic E-state index is -0.0872. The monoisotopic (exact) mass is 283 g/mol. The molecular formula is C11H14BrN3O. The maximum absolute atomic E-state index is 11.8. The van der Waals surface area contributed by atoms with Gasteiger partial charge >= 0.3 is 0 Å². The normalized spacial score (nSPS) is 24.4. The predicted molar refractivity (Wildman–Crippen MR) is 66.1 cm³/mol. The molecule has 16 heavy (non-hydrogen) atoms. The molecule has 1 saturated heterocycles. The van der Waals surface area contributed by atoms with Gasteiger partial charge in [0.25, 0.3) is 0 Å². The Labute approximate surface area is 103 Å². The summed E-state index contributed by atoms with van der Waals surface area (Å²) in [4.78, 5) is 16.0. The number of halogens is 1. The van der Waals surface area contributed by atoms with Crippen LogP contribution in [0.15, 0.2) is 22.8 Å². The van der Waals surface area contributed by atoms with Crippen LogP contribution in [0.25, 0.3) is 0 Å². The first-order valence-electron chi connectivity index (χ1n) is 5.32. The Morgan fingerprint density at radius 2 is 2.44 bits per heavy atom. The summed E-state index contributed by atoms with van der Waals surface area (Å²) in [5.41, 5.74) is 0. The van der Waals surface area contributed by atoms with Crippen molar-refractivity contribution in [2.24, 2.45) is 5.92 Å². The third-order valence-corrected chi connectivity index (χ3v) is 3.08. The number of rotatable bonds is 2. The Balaban J connectivity index is 1.97. The van der Waals surface area contributed by atoms with Crippen molar-refractivity contribution in [3.63, 3.8) is 0 Å². The van der Waals surface area contributed by atoms with Crippen molar-refractivity contribution in [1.29, 1.82) is 0 Å². The summed E-state index contributed by atoms with van der Waals surface area (Å²) in [5.74, 6) is 1.14. The topological polar surface area (TPSA) is 54.0 Å². The number of nitrogens with zero attached hydrogens (tertiary/aromatic N) is 1. The lowest BCUT2D eigenvalue weighted by molar-refractivity contribution is -0.117. The minimum absolute atomic E-state index is 0.00468. The van der Waals surface area contributed by atoms with Crippen molar-refractivity contribution in [3.05, 3.63) is 22.8 Å². The van der Waals surface area contributed by atoms with Crippen LogP contribution in [0.1, 0.15) is 13.3 Å². The van der Waals surface area contributed by atoms with Crippen LogP contribution in [-0.4, -0.2) is 23.5 Å². The zero-order valence-electron chi connectivity index (χ0n) is 9.03. The molecule has 0 aliphatic carbocycles. The van der Waals surface area contributed by atoms with Crippen molar-refractivity contribution >= 4 is 27.7 Å². The zero-order chi connectivity index (χ0) is 11.5. The van der Waals surface area contributed by atoms with Crippen LogP contribution < -0.4 is 10.6 Å². The second-order valence-corrected chi connectivity index (χ2v) is 4.95. The molecule has 2 heterocycles. The number of hydrogen-bond acceptors (Lipinski definition) is 3. The van der Waals surface area contributed by atoms with E-state index in [-0.39, 0.29) is 11.9 Å². The van der Waals surface area contributed by atoms with Gasteiger partial charge in [0.1, 0.15) is 10.4 Å². The first kappa shape index (κ1) is 11.5. The molecule has 0 radical (unpaired) electrons. The number of anilines is 1. The summed E-state index contributed by atoms with van der Waals surface area (Å²) < 4.78 is 0.720.